The molecule has 0 rings (SSSR count). The molecule has 0 unspecified atom stereocenters. The molecule has 0 aliphatic rings. The van der Waals surface area contributed by atoms with Crippen molar-refractivity contribution in [2.75, 3.05) is 27.2 Å². The van der Waals surface area contributed by atoms with Gasteiger partial charge in [-0.15, -0.1) is 0 Å². The largest absolute Gasteiger partial charge is 0.396 e. The van der Waals surface area contributed by atoms with E-state index in [1.165, 1.54) is 6.20 Å². The van der Waals surface area contributed by atoms with Crippen LogP contribution in [0.2, 0.25) is 0 Å². The van der Waals surface area contributed by atoms with Crippen LogP contribution in [0.1, 0.15) is 26.7 Å². The van der Waals surface area contributed by atoms with Gasteiger partial charge in [0.1, 0.15) is 0 Å². The fourth-order valence-corrected chi connectivity index (χ4v) is 1.59. The van der Waals surface area contributed by atoms with Crippen LogP contribution in [-0.2, 0) is 0 Å². The number of hydrogen-bond acceptors (Lipinski definition) is 4. The highest BCUT2D eigenvalue weighted by molar-refractivity contribution is 5.30. The summed E-state index contributed by atoms with van der Waals surface area (Å²) in [4.78, 5) is 5.72. The van der Waals surface area contributed by atoms with Crippen LogP contribution in [-0.4, -0.2) is 38.8 Å². The second-order valence-electron chi connectivity index (χ2n) is 5.40. The van der Waals surface area contributed by atoms with Crippen LogP contribution < -0.4 is 11.1 Å². The van der Waals surface area contributed by atoms with Crippen molar-refractivity contribution in [3.63, 3.8) is 0 Å². The van der Waals surface area contributed by atoms with E-state index in [4.69, 9.17) is 5.73 Å². The number of aliphatic imine (C=N–C) groups is 1. The molecule has 0 fully saturated rings. The van der Waals surface area contributed by atoms with Crippen molar-refractivity contribution in [3.05, 3.63) is 24.2 Å². The van der Waals surface area contributed by atoms with Crippen molar-refractivity contribution in [3.8, 4) is 0 Å². The second-order valence-corrected chi connectivity index (χ2v) is 5.40. The zero-order valence-corrected chi connectivity index (χ0v) is 12.3. The fourth-order valence-electron chi connectivity index (χ4n) is 1.59. The van der Waals surface area contributed by atoms with Gasteiger partial charge in [-0.25, -0.2) is 0 Å². The molecule has 0 aromatic rings. The number of rotatable bonds is 9. The normalized spacial score (nSPS) is 12.3. The Balaban J connectivity index is 4.24. The second kappa shape index (κ2) is 7.93. The molecule has 0 heterocycles. The molecule has 0 aliphatic carbocycles. The van der Waals surface area contributed by atoms with Gasteiger partial charge in [0.05, 0.1) is 17.6 Å². The Hall–Kier alpha value is -1.29. The van der Waals surface area contributed by atoms with Crippen molar-refractivity contribution < 1.29 is 0 Å². The zero-order valence-electron chi connectivity index (χ0n) is 12.3. The Kier molecular flexibility index (Phi) is 7.36. The molecule has 0 atom stereocenters. The van der Waals surface area contributed by atoms with Gasteiger partial charge in [0.2, 0.25) is 0 Å². The van der Waals surface area contributed by atoms with Crippen LogP contribution in [0.15, 0.2) is 29.2 Å². The molecule has 4 nitrogen and oxygen atoms in total. The third-order valence-corrected chi connectivity index (χ3v) is 3.20. The lowest BCUT2D eigenvalue weighted by molar-refractivity contribution is 0.262. The number of nitrogens with two attached hydrogens (primary N) is 1. The number of nitrogens with zero attached hydrogens (tertiary/aromatic N) is 2. The molecule has 0 radical (unpaired) electrons. The highest BCUT2D eigenvalue weighted by Crippen LogP contribution is 2.25. The molecule has 3 N–H and O–H groups in total. The number of likely N-dealkylation sites (N-methyl/N-ethyl adjacent to an activating group) is 1. The maximum absolute atomic E-state index is 5.82. The van der Waals surface area contributed by atoms with Gasteiger partial charge in [-0.2, -0.15) is 0 Å². The lowest BCUT2D eigenvalue weighted by Gasteiger charge is -2.29. The van der Waals surface area contributed by atoms with Crippen LogP contribution in [0.25, 0.3) is 0 Å². The lowest BCUT2D eigenvalue weighted by atomic mass is 9.85. The summed E-state index contributed by atoms with van der Waals surface area (Å²) in [5, 5.41) is 3.19. The Morgan fingerprint density at radius 2 is 2.06 bits per heavy atom. The first-order valence-electron chi connectivity index (χ1n) is 6.30. The minimum absolute atomic E-state index is 0.312. The SMILES string of the molecule is C=N/C=C(/N)C(=C)N(C)CCC(C)(C)CCNC. The summed E-state index contributed by atoms with van der Waals surface area (Å²) in [7, 11) is 3.98. The number of hydrogen-bond donors (Lipinski definition) is 2. The Morgan fingerprint density at radius 3 is 2.56 bits per heavy atom. The first kappa shape index (κ1) is 16.7. The monoisotopic (exact) mass is 252 g/mol. The van der Waals surface area contributed by atoms with E-state index in [1.54, 1.807) is 0 Å². The lowest BCUT2D eigenvalue weighted by Crippen LogP contribution is -2.28. The first-order valence-corrected chi connectivity index (χ1v) is 6.30. The minimum atomic E-state index is 0.312. The summed E-state index contributed by atoms with van der Waals surface area (Å²) in [5.41, 5.74) is 7.50. The van der Waals surface area contributed by atoms with Gasteiger partial charge in [-0.1, -0.05) is 20.4 Å². The Labute approximate surface area is 112 Å². The zero-order chi connectivity index (χ0) is 14.2. The third-order valence-electron chi connectivity index (χ3n) is 3.20. The minimum Gasteiger partial charge on any atom is -0.396 e. The molecular formula is C14H28N4. The first-order chi connectivity index (χ1) is 8.34. The predicted octanol–water partition coefficient (Wildman–Crippen LogP) is 1.96. The summed E-state index contributed by atoms with van der Waals surface area (Å²) >= 11 is 0. The molecule has 18 heavy (non-hydrogen) atoms. The van der Waals surface area contributed by atoms with E-state index in [2.05, 4.69) is 42.4 Å². The van der Waals surface area contributed by atoms with Crippen LogP contribution >= 0.6 is 0 Å². The van der Waals surface area contributed by atoms with E-state index in [-0.39, 0.29) is 0 Å². The van der Waals surface area contributed by atoms with Crippen molar-refractivity contribution in [2.24, 2.45) is 16.1 Å². The Morgan fingerprint density at radius 1 is 1.44 bits per heavy atom. The molecule has 0 amide bonds. The van der Waals surface area contributed by atoms with E-state index < -0.39 is 0 Å². The molecule has 104 valence electrons. The topological polar surface area (TPSA) is 53.6 Å². The molecule has 0 saturated heterocycles. The summed E-state index contributed by atoms with van der Waals surface area (Å²) in [6.45, 7) is 13.9. The van der Waals surface area contributed by atoms with Gasteiger partial charge in [0.15, 0.2) is 0 Å². The van der Waals surface area contributed by atoms with Gasteiger partial charge in [-0.3, -0.25) is 4.99 Å². The quantitative estimate of drug-likeness (QED) is 0.487. The third kappa shape index (κ3) is 6.45. The number of nitrogens with one attached hydrogen (secondary N) is 1. The molecule has 4 heteroatoms. The summed E-state index contributed by atoms with van der Waals surface area (Å²) in [5.74, 6) is 0. The molecule has 0 aromatic heterocycles. The molecular weight excluding hydrogens is 224 g/mol. The van der Waals surface area contributed by atoms with E-state index in [0.717, 1.165) is 31.6 Å². The van der Waals surface area contributed by atoms with Crippen molar-refractivity contribution in [2.45, 2.75) is 26.7 Å². The maximum Gasteiger partial charge on any atom is 0.0731 e. The van der Waals surface area contributed by atoms with E-state index in [0.29, 0.717) is 11.1 Å². The smallest absolute Gasteiger partial charge is 0.0731 e. The molecule has 0 aliphatic heterocycles. The maximum atomic E-state index is 5.82. The van der Waals surface area contributed by atoms with Gasteiger partial charge >= 0.3 is 0 Å². The standard InChI is InChI=1S/C14H28N4/c1-12(13(15)11-17-5)18(6)10-8-14(2,3)7-9-16-4/h11,16H,1,5,7-10,15H2,2-4,6H3/b13-11+. The van der Waals surface area contributed by atoms with Crippen LogP contribution in [0, 0.1) is 5.41 Å². The molecule has 0 saturated carbocycles. The van der Waals surface area contributed by atoms with Gasteiger partial charge in [0.25, 0.3) is 0 Å². The van der Waals surface area contributed by atoms with Crippen molar-refractivity contribution >= 4 is 6.72 Å². The summed E-state index contributed by atoms with van der Waals surface area (Å²) in [6.07, 6.45) is 3.79. The van der Waals surface area contributed by atoms with Crippen molar-refractivity contribution in [1.29, 1.82) is 0 Å². The molecule has 0 spiro atoms. The fraction of sp³-hybridized carbons (Fsp3) is 0.643. The van der Waals surface area contributed by atoms with Gasteiger partial charge in [0, 0.05) is 13.6 Å². The molecule has 0 aromatic carbocycles. The van der Waals surface area contributed by atoms with E-state index >= 15 is 0 Å². The van der Waals surface area contributed by atoms with Crippen LogP contribution in [0.5, 0.6) is 0 Å². The molecule has 0 bridgehead atoms. The van der Waals surface area contributed by atoms with E-state index in [9.17, 15) is 0 Å². The summed E-state index contributed by atoms with van der Waals surface area (Å²) in [6, 6.07) is 0. The highest BCUT2D eigenvalue weighted by atomic mass is 15.1. The average molecular weight is 252 g/mol. The highest BCUT2D eigenvalue weighted by Gasteiger charge is 2.18. The Bertz CT molecular complexity index is 305. The predicted molar refractivity (Wildman–Crippen MR) is 80.5 cm³/mol. The van der Waals surface area contributed by atoms with E-state index in [1.807, 2.05) is 14.1 Å². The van der Waals surface area contributed by atoms with Gasteiger partial charge in [-0.05, 0) is 38.6 Å². The van der Waals surface area contributed by atoms with Crippen molar-refractivity contribution in [1.82, 2.24) is 10.2 Å². The van der Waals surface area contributed by atoms with Crippen LogP contribution in [0.4, 0.5) is 0 Å². The average Bonchev–Trinajstić information content (AvgIpc) is 2.33. The van der Waals surface area contributed by atoms with Crippen LogP contribution in [0.3, 0.4) is 0 Å². The summed E-state index contributed by atoms with van der Waals surface area (Å²) < 4.78 is 0. The van der Waals surface area contributed by atoms with Gasteiger partial charge < -0.3 is 16.0 Å².